The Kier molecular flexibility index (Phi) is 3.39. The molecule has 0 bridgehead atoms. The third-order valence-electron chi connectivity index (χ3n) is 2.46. The predicted molar refractivity (Wildman–Crippen MR) is 64.4 cm³/mol. The van der Waals surface area contributed by atoms with Crippen LogP contribution in [0, 0.1) is 6.92 Å². The van der Waals surface area contributed by atoms with Crippen LogP contribution in [0.2, 0.25) is 0 Å². The van der Waals surface area contributed by atoms with Crippen molar-refractivity contribution < 1.29 is 5.11 Å². The van der Waals surface area contributed by atoms with E-state index in [1.807, 2.05) is 26.2 Å². The van der Waals surface area contributed by atoms with Crippen LogP contribution in [0.3, 0.4) is 0 Å². The number of hydrogen-bond donors (Lipinski definition) is 2. The molecule has 0 saturated heterocycles. The number of aryl methyl sites for hydroxylation is 2. The first kappa shape index (κ1) is 11.6. The molecule has 2 N–H and O–H groups in total. The zero-order valence-electron chi connectivity index (χ0n) is 10.0. The SMILES string of the molecule is Cc1ccc(O)c(CNCc2ccn(C)n2)n1. The van der Waals surface area contributed by atoms with E-state index in [0.29, 0.717) is 18.8 Å². The van der Waals surface area contributed by atoms with Crippen molar-refractivity contribution in [2.24, 2.45) is 7.05 Å². The molecule has 0 spiro atoms. The number of hydrogen-bond acceptors (Lipinski definition) is 4. The summed E-state index contributed by atoms with van der Waals surface area (Å²) in [4.78, 5) is 4.27. The third kappa shape index (κ3) is 3.04. The molecular formula is C12H16N4O. The Morgan fingerprint density at radius 2 is 2.12 bits per heavy atom. The smallest absolute Gasteiger partial charge is 0.138 e. The Morgan fingerprint density at radius 1 is 1.29 bits per heavy atom. The van der Waals surface area contributed by atoms with Gasteiger partial charge in [-0.3, -0.25) is 9.67 Å². The van der Waals surface area contributed by atoms with E-state index in [4.69, 9.17) is 0 Å². The first-order valence-electron chi connectivity index (χ1n) is 5.50. The average Bonchev–Trinajstić information content (AvgIpc) is 2.69. The van der Waals surface area contributed by atoms with Gasteiger partial charge >= 0.3 is 0 Å². The maximum atomic E-state index is 9.61. The number of pyridine rings is 1. The Hall–Kier alpha value is -1.88. The normalized spacial score (nSPS) is 10.7. The molecule has 0 radical (unpaired) electrons. The Morgan fingerprint density at radius 3 is 2.82 bits per heavy atom. The first-order chi connectivity index (χ1) is 8.15. The molecule has 90 valence electrons. The van der Waals surface area contributed by atoms with E-state index in [1.165, 1.54) is 0 Å². The summed E-state index contributed by atoms with van der Waals surface area (Å²) in [5.41, 5.74) is 2.54. The number of rotatable bonds is 4. The predicted octanol–water partition coefficient (Wildman–Crippen LogP) is 1.12. The van der Waals surface area contributed by atoms with E-state index < -0.39 is 0 Å². The van der Waals surface area contributed by atoms with Crippen molar-refractivity contribution in [2.45, 2.75) is 20.0 Å². The molecule has 2 heterocycles. The van der Waals surface area contributed by atoms with Crippen LogP contribution in [0.25, 0.3) is 0 Å². The van der Waals surface area contributed by atoms with Crippen molar-refractivity contribution in [3.05, 3.63) is 41.5 Å². The van der Waals surface area contributed by atoms with Crippen molar-refractivity contribution >= 4 is 0 Å². The van der Waals surface area contributed by atoms with Crippen LogP contribution < -0.4 is 5.32 Å². The number of nitrogens with one attached hydrogen (secondary N) is 1. The molecule has 2 aromatic rings. The minimum atomic E-state index is 0.226. The molecule has 0 fully saturated rings. The van der Waals surface area contributed by atoms with Crippen LogP contribution in [0.5, 0.6) is 5.75 Å². The van der Waals surface area contributed by atoms with Crippen LogP contribution in [-0.4, -0.2) is 19.9 Å². The Labute approximate surface area is 100 Å². The third-order valence-corrected chi connectivity index (χ3v) is 2.46. The van der Waals surface area contributed by atoms with Crippen molar-refractivity contribution in [2.75, 3.05) is 0 Å². The fraction of sp³-hybridized carbons (Fsp3) is 0.333. The molecule has 0 saturated carbocycles. The molecule has 0 aliphatic carbocycles. The lowest BCUT2D eigenvalue weighted by Gasteiger charge is -2.05. The summed E-state index contributed by atoms with van der Waals surface area (Å²) < 4.78 is 1.76. The monoisotopic (exact) mass is 232 g/mol. The highest BCUT2D eigenvalue weighted by Crippen LogP contribution is 2.14. The van der Waals surface area contributed by atoms with Gasteiger partial charge in [0.2, 0.25) is 0 Å². The number of aromatic nitrogens is 3. The van der Waals surface area contributed by atoms with Crippen molar-refractivity contribution in [3.63, 3.8) is 0 Å². The van der Waals surface area contributed by atoms with E-state index >= 15 is 0 Å². The highest BCUT2D eigenvalue weighted by Gasteiger charge is 2.03. The van der Waals surface area contributed by atoms with E-state index in [2.05, 4.69) is 15.4 Å². The van der Waals surface area contributed by atoms with Gasteiger partial charge in [-0.25, -0.2) is 0 Å². The molecule has 2 rings (SSSR count). The molecular weight excluding hydrogens is 216 g/mol. The minimum absolute atomic E-state index is 0.226. The van der Waals surface area contributed by atoms with E-state index in [1.54, 1.807) is 16.8 Å². The van der Waals surface area contributed by atoms with Crippen molar-refractivity contribution in [3.8, 4) is 5.75 Å². The molecule has 0 aliphatic heterocycles. The molecule has 0 aliphatic rings. The maximum absolute atomic E-state index is 9.61. The summed E-state index contributed by atoms with van der Waals surface area (Å²) in [6.07, 6.45) is 1.90. The van der Waals surface area contributed by atoms with Crippen LogP contribution in [-0.2, 0) is 20.1 Å². The Balaban J connectivity index is 1.91. The van der Waals surface area contributed by atoms with E-state index in [-0.39, 0.29) is 5.75 Å². The zero-order chi connectivity index (χ0) is 12.3. The molecule has 0 atom stereocenters. The topological polar surface area (TPSA) is 63.0 Å². The summed E-state index contributed by atoms with van der Waals surface area (Å²) >= 11 is 0. The van der Waals surface area contributed by atoms with Gasteiger partial charge in [-0.2, -0.15) is 5.10 Å². The summed E-state index contributed by atoms with van der Waals surface area (Å²) in [7, 11) is 1.89. The summed E-state index contributed by atoms with van der Waals surface area (Å²) in [6.45, 7) is 3.10. The van der Waals surface area contributed by atoms with Crippen LogP contribution in [0.4, 0.5) is 0 Å². The van der Waals surface area contributed by atoms with Crippen molar-refractivity contribution in [1.82, 2.24) is 20.1 Å². The number of aromatic hydroxyl groups is 1. The summed E-state index contributed by atoms with van der Waals surface area (Å²) in [5.74, 6) is 0.226. The van der Waals surface area contributed by atoms with Gasteiger partial charge in [-0.1, -0.05) is 0 Å². The largest absolute Gasteiger partial charge is 0.506 e. The highest BCUT2D eigenvalue weighted by molar-refractivity contribution is 5.27. The molecule has 2 aromatic heterocycles. The van der Waals surface area contributed by atoms with Crippen LogP contribution >= 0.6 is 0 Å². The molecule has 5 heteroatoms. The maximum Gasteiger partial charge on any atom is 0.138 e. The average molecular weight is 232 g/mol. The lowest BCUT2D eigenvalue weighted by molar-refractivity contribution is 0.458. The molecule has 0 amide bonds. The van der Waals surface area contributed by atoms with Gasteiger partial charge in [0.05, 0.1) is 11.4 Å². The standard InChI is InChI=1S/C12H16N4O/c1-9-3-4-12(17)11(14-9)8-13-7-10-5-6-16(2)15-10/h3-6,13,17H,7-8H2,1-2H3. The van der Waals surface area contributed by atoms with Crippen LogP contribution in [0.15, 0.2) is 24.4 Å². The summed E-state index contributed by atoms with van der Waals surface area (Å²) in [6, 6.07) is 5.41. The quantitative estimate of drug-likeness (QED) is 0.829. The van der Waals surface area contributed by atoms with Gasteiger partial charge in [0, 0.05) is 32.0 Å². The zero-order valence-corrected chi connectivity index (χ0v) is 10.0. The van der Waals surface area contributed by atoms with Crippen molar-refractivity contribution in [1.29, 1.82) is 0 Å². The van der Waals surface area contributed by atoms with Gasteiger partial charge in [0.25, 0.3) is 0 Å². The fourth-order valence-corrected chi connectivity index (χ4v) is 1.60. The molecule has 0 unspecified atom stereocenters. The van der Waals surface area contributed by atoms with Gasteiger partial charge in [0.1, 0.15) is 5.75 Å². The lowest BCUT2D eigenvalue weighted by atomic mass is 10.3. The minimum Gasteiger partial charge on any atom is -0.506 e. The van der Waals surface area contributed by atoms with Gasteiger partial charge in [0.15, 0.2) is 0 Å². The lowest BCUT2D eigenvalue weighted by Crippen LogP contribution is -2.14. The second kappa shape index (κ2) is 4.97. The number of nitrogens with zero attached hydrogens (tertiary/aromatic N) is 3. The van der Waals surface area contributed by atoms with Gasteiger partial charge in [-0.15, -0.1) is 0 Å². The van der Waals surface area contributed by atoms with E-state index in [9.17, 15) is 5.11 Å². The fourth-order valence-electron chi connectivity index (χ4n) is 1.60. The molecule has 17 heavy (non-hydrogen) atoms. The summed E-state index contributed by atoms with van der Waals surface area (Å²) in [5, 5.41) is 17.1. The van der Waals surface area contributed by atoms with Gasteiger partial charge < -0.3 is 10.4 Å². The van der Waals surface area contributed by atoms with Crippen LogP contribution in [0.1, 0.15) is 17.1 Å². The second-order valence-electron chi connectivity index (χ2n) is 4.00. The molecule has 5 nitrogen and oxygen atoms in total. The Bertz CT molecular complexity index is 507. The van der Waals surface area contributed by atoms with Gasteiger partial charge in [-0.05, 0) is 25.1 Å². The highest BCUT2D eigenvalue weighted by atomic mass is 16.3. The first-order valence-corrected chi connectivity index (χ1v) is 5.50. The van der Waals surface area contributed by atoms with E-state index in [0.717, 1.165) is 11.4 Å². The second-order valence-corrected chi connectivity index (χ2v) is 4.00. The molecule has 0 aromatic carbocycles.